The second-order valence-electron chi connectivity index (χ2n) is 7.32. The largest absolute Gasteiger partial charge is 0.490 e. The van der Waals surface area contributed by atoms with Crippen molar-refractivity contribution in [3.8, 4) is 5.75 Å². The Labute approximate surface area is 159 Å². The topological polar surface area (TPSA) is 50.4 Å². The molecule has 27 heavy (non-hydrogen) atoms. The smallest absolute Gasteiger partial charge is 0.259 e. The molecule has 1 fully saturated rings. The summed E-state index contributed by atoms with van der Waals surface area (Å²) in [6.45, 7) is 1.41. The zero-order valence-corrected chi connectivity index (χ0v) is 15.4. The first-order valence-corrected chi connectivity index (χ1v) is 9.80. The Balaban J connectivity index is 1.53. The van der Waals surface area contributed by atoms with Crippen molar-refractivity contribution in [2.24, 2.45) is 0 Å². The standard InChI is InChI=1S/C22H25FN2O2/c23-21-17-12-13-24-14-15(17)10-11-19(21)25-22(26)18-8-4-5-9-20(18)27-16-6-2-1-3-7-16/h4-5,8-11,16,24H,1-3,6-7,12-14H2,(H,25,26). The van der Waals surface area contributed by atoms with E-state index in [1.165, 1.54) is 6.42 Å². The summed E-state index contributed by atoms with van der Waals surface area (Å²) in [7, 11) is 0. The van der Waals surface area contributed by atoms with E-state index in [1.807, 2.05) is 18.2 Å². The maximum Gasteiger partial charge on any atom is 0.259 e. The third-order valence-corrected chi connectivity index (χ3v) is 5.43. The molecule has 1 aliphatic heterocycles. The van der Waals surface area contributed by atoms with Crippen LogP contribution in [0.5, 0.6) is 5.75 Å². The highest BCUT2D eigenvalue weighted by atomic mass is 19.1. The number of amides is 1. The number of para-hydroxylation sites is 1. The molecule has 0 aromatic heterocycles. The van der Waals surface area contributed by atoms with Crippen LogP contribution in [0.2, 0.25) is 0 Å². The highest BCUT2D eigenvalue weighted by molar-refractivity contribution is 6.06. The van der Waals surface area contributed by atoms with Gasteiger partial charge in [-0.2, -0.15) is 0 Å². The summed E-state index contributed by atoms with van der Waals surface area (Å²) in [6, 6.07) is 10.7. The maximum atomic E-state index is 14.8. The molecule has 2 aromatic carbocycles. The van der Waals surface area contributed by atoms with Gasteiger partial charge in [-0.3, -0.25) is 4.79 Å². The average molecular weight is 368 g/mol. The van der Waals surface area contributed by atoms with Gasteiger partial charge in [-0.15, -0.1) is 0 Å². The van der Waals surface area contributed by atoms with Crippen molar-refractivity contribution < 1.29 is 13.9 Å². The Morgan fingerprint density at radius 3 is 2.78 bits per heavy atom. The van der Waals surface area contributed by atoms with Gasteiger partial charge in [-0.1, -0.05) is 24.6 Å². The van der Waals surface area contributed by atoms with Gasteiger partial charge in [0.05, 0.1) is 17.4 Å². The number of rotatable bonds is 4. The molecule has 1 saturated carbocycles. The summed E-state index contributed by atoms with van der Waals surface area (Å²) in [5.41, 5.74) is 2.33. The zero-order valence-electron chi connectivity index (χ0n) is 15.4. The maximum absolute atomic E-state index is 14.8. The first-order valence-electron chi connectivity index (χ1n) is 9.80. The minimum atomic E-state index is -0.339. The van der Waals surface area contributed by atoms with Crippen LogP contribution in [0.25, 0.3) is 0 Å². The van der Waals surface area contributed by atoms with Gasteiger partial charge in [-0.05, 0) is 68.0 Å². The van der Waals surface area contributed by atoms with Gasteiger partial charge in [0.15, 0.2) is 0 Å². The van der Waals surface area contributed by atoms with Crippen molar-refractivity contribution >= 4 is 11.6 Å². The number of carbonyl (C=O) groups excluding carboxylic acids is 1. The van der Waals surface area contributed by atoms with Crippen LogP contribution in [-0.2, 0) is 13.0 Å². The fourth-order valence-corrected chi connectivity index (χ4v) is 3.94. The molecule has 4 rings (SSSR count). The lowest BCUT2D eigenvalue weighted by atomic mass is 9.97. The molecule has 1 aliphatic carbocycles. The monoisotopic (exact) mass is 368 g/mol. The molecule has 0 unspecified atom stereocenters. The molecule has 0 bridgehead atoms. The Kier molecular flexibility index (Phi) is 5.39. The Morgan fingerprint density at radius 1 is 1.11 bits per heavy atom. The van der Waals surface area contributed by atoms with Gasteiger partial charge >= 0.3 is 0 Å². The van der Waals surface area contributed by atoms with Crippen molar-refractivity contribution in [1.82, 2.24) is 5.32 Å². The van der Waals surface area contributed by atoms with E-state index in [4.69, 9.17) is 4.74 Å². The number of carbonyl (C=O) groups is 1. The van der Waals surface area contributed by atoms with Gasteiger partial charge in [0.1, 0.15) is 11.6 Å². The van der Waals surface area contributed by atoms with E-state index in [1.54, 1.807) is 18.2 Å². The molecule has 142 valence electrons. The minimum Gasteiger partial charge on any atom is -0.490 e. The molecule has 0 spiro atoms. The van der Waals surface area contributed by atoms with Crippen LogP contribution in [0.1, 0.15) is 53.6 Å². The molecular formula is C22H25FN2O2. The first-order chi connectivity index (χ1) is 13.2. The second-order valence-corrected chi connectivity index (χ2v) is 7.32. The van der Waals surface area contributed by atoms with Crippen LogP contribution in [0.3, 0.4) is 0 Å². The summed E-state index contributed by atoms with van der Waals surface area (Å²) < 4.78 is 20.9. The van der Waals surface area contributed by atoms with Gasteiger partial charge < -0.3 is 15.4 Å². The Hall–Kier alpha value is -2.40. The van der Waals surface area contributed by atoms with Gasteiger partial charge in [-0.25, -0.2) is 4.39 Å². The molecule has 0 atom stereocenters. The number of hydrogen-bond acceptors (Lipinski definition) is 3. The zero-order chi connectivity index (χ0) is 18.6. The molecular weight excluding hydrogens is 343 g/mol. The molecule has 4 nitrogen and oxygen atoms in total. The van der Waals surface area contributed by atoms with E-state index in [-0.39, 0.29) is 23.5 Å². The van der Waals surface area contributed by atoms with E-state index >= 15 is 0 Å². The predicted molar refractivity (Wildman–Crippen MR) is 104 cm³/mol. The summed E-state index contributed by atoms with van der Waals surface area (Å²) in [4.78, 5) is 12.8. The fraction of sp³-hybridized carbons (Fsp3) is 0.409. The third kappa shape index (κ3) is 3.98. The summed E-state index contributed by atoms with van der Waals surface area (Å²) in [5.74, 6) is -0.0910. The molecule has 2 N–H and O–H groups in total. The quantitative estimate of drug-likeness (QED) is 0.839. The number of fused-ring (bicyclic) bond motifs is 1. The molecule has 1 heterocycles. The number of anilines is 1. The summed E-state index contributed by atoms with van der Waals surface area (Å²) in [6.07, 6.45) is 6.39. The van der Waals surface area contributed by atoms with Gasteiger partial charge in [0.2, 0.25) is 0 Å². The number of benzene rings is 2. The Morgan fingerprint density at radius 2 is 1.93 bits per heavy atom. The van der Waals surface area contributed by atoms with E-state index in [9.17, 15) is 9.18 Å². The Bertz CT molecular complexity index is 831. The van der Waals surface area contributed by atoms with Crippen LogP contribution in [0.4, 0.5) is 10.1 Å². The van der Waals surface area contributed by atoms with Crippen molar-refractivity contribution in [2.75, 3.05) is 11.9 Å². The third-order valence-electron chi connectivity index (χ3n) is 5.43. The van der Waals surface area contributed by atoms with Gasteiger partial charge in [0, 0.05) is 6.54 Å². The summed E-state index contributed by atoms with van der Waals surface area (Å²) >= 11 is 0. The number of hydrogen-bond donors (Lipinski definition) is 2. The van der Waals surface area contributed by atoms with Crippen LogP contribution >= 0.6 is 0 Å². The molecule has 2 aliphatic rings. The lowest BCUT2D eigenvalue weighted by Gasteiger charge is -2.24. The SMILES string of the molecule is O=C(Nc1ccc2c(c1F)CCNC2)c1ccccc1OC1CCCCC1. The van der Waals surface area contributed by atoms with E-state index in [2.05, 4.69) is 10.6 Å². The van der Waals surface area contributed by atoms with Gasteiger partial charge in [0.25, 0.3) is 5.91 Å². The van der Waals surface area contributed by atoms with E-state index in [0.717, 1.165) is 37.8 Å². The molecule has 2 aromatic rings. The average Bonchev–Trinajstić information content (AvgIpc) is 2.71. The lowest BCUT2D eigenvalue weighted by Crippen LogP contribution is -2.25. The van der Waals surface area contributed by atoms with Crippen molar-refractivity contribution in [1.29, 1.82) is 0 Å². The van der Waals surface area contributed by atoms with Crippen LogP contribution < -0.4 is 15.4 Å². The first kappa shape index (κ1) is 18.0. The molecule has 5 heteroatoms. The lowest BCUT2D eigenvalue weighted by molar-refractivity contribution is 0.101. The van der Waals surface area contributed by atoms with Crippen molar-refractivity contribution in [3.05, 3.63) is 58.9 Å². The highest BCUT2D eigenvalue weighted by Gasteiger charge is 2.21. The molecule has 0 radical (unpaired) electrons. The van der Waals surface area contributed by atoms with Crippen molar-refractivity contribution in [3.63, 3.8) is 0 Å². The number of halogens is 1. The minimum absolute atomic E-state index is 0.153. The van der Waals surface area contributed by atoms with E-state index in [0.29, 0.717) is 29.8 Å². The molecule has 0 saturated heterocycles. The molecule has 1 amide bonds. The van der Waals surface area contributed by atoms with Crippen LogP contribution in [0, 0.1) is 5.82 Å². The van der Waals surface area contributed by atoms with Crippen molar-refractivity contribution in [2.45, 2.75) is 51.2 Å². The second kappa shape index (κ2) is 8.09. The fourth-order valence-electron chi connectivity index (χ4n) is 3.94. The number of nitrogens with one attached hydrogen (secondary N) is 2. The van der Waals surface area contributed by atoms with Crippen LogP contribution in [0.15, 0.2) is 36.4 Å². The predicted octanol–water partition coefficient (Wildman–Crippen LogP) is 4.44. The number of ether oxygens (including phenoxy) is 1. The normalized spacial score (nSPS) is 17.2. The highest BCUT2D eigenvalue weighted by Crippen LogP contribution is 2.28. The summed E-state index contributed by atoms with van der Waals surface area (Å²) in [5, 5.41) is 5.97. The van der Waals surface area contributed by atoms with E-state index < -0.39 is 0 Å². The van der Waals surface area contributed by atoms with Crippen LogP contribution in [-0.4, -0.2) is 18.6 Å².